The minimum Gasteiger partial charge on any atom is -0.497 e. The first-order valence-corrected chi connectivity index (χ1v) is 12.6. The number of fused-ring (bicyclic) bond motifs is 1. The number of amides is 1. The van der Waals surface area contributed by atoms with E-state index in [1.54, 1.807) is 7.11 Å². The van der Waals surface area contributed by atoms with Crippen molar-refractivity contribution in [1.82, 2.24) is 9.97 Å². The van der Waals surface area contributed by atoms with Crippen LogP contribution in [0.25, 0.3) is 22.2 Å². The lowest BCUT2D eigenvalue weighted by molar-refractivity contribution is -0.115. The lowest BCUT2D eigenvalue weighted by atomic mass is 10.0. The molecule has 170 valence electrons. The molecule has 0 saturated heterocycles. The van der Waals surface area contributed by atoms with Crippen molar-refractivity contribution in [2.45, 2.75) is 44.4 Å². The van der Waals surface area contributed by atoms with E-state index >= 15 is 0 Å². The summed E-state index contributed by atoms with van der Waals surface area (Å²) in [5.74, 6) is 0.742. The van der Waals surface area contributed by atoms with Crippen molar-refractivity contribution < 1.29 is 9.53 Å². The number of carbonyl (C=O) groups is 1. The third-order valence-electron chi connectivity index (χ3n) is 5.48. The number of hydrogen-bond acceptors (Lipinski definition) is 6. The second kappa shape index (κ2) is 9.93. The van der Waals surface area contributed by atoms with E-state index < -0.39 is 0 Å². The van der Waals surface area contributed by atoms with Gasteiger partial charge in [0.1, 0.15) is 5.75 Å². The molecule has 2 aromatic heterocycles. The van der Waals surface area contributed by atoms with Crippen LogP contribution in [0.1, 0.15) is 30.0 Å². The number of methoxy groups -OCH3 is 1. The molecule has 0 fully saturated rings. The smallest absolute Gasteiger partial charge is 0.239 e. The van der Waals surface area contributed by atoms with Gasteiger partial charge in [-0.2, -0.15) is 0 Å². The van der Waals surface area contributed by atoms with Gasteiger partial charge >= 0.3 is 0 Å². The summed E-state index contributed by atoms with van der Waals surface area (Å²) in [5.41, 5.74) is 6.37. The van der Waals surface area contributed by atoms with Crippen LogP contribution >= 0.6 is 23.1 Å². The maximum absolute atomic E-state index is 13.0. The molecule has 5 nitrogen and oxygen atoms in total. The van der Waals surface area contributed by atoms with Gasteiger partial charge in [-0.25, -0.2) is 9.97 Å². The molecule has 1 amide bonds. The Kier molecular flexibility index (Phi) is 7.00. The topological polar surface area (TPSA) is 64.1 Å². The fourth-order valence-electron chi connectivity index (χ4n) is 3.75. The van der Waals surface area contributed by atoms with Gasteiger partial charge in [0.2, 0.25) is 5.91 Å². The molecule has 0 aliphatic heterocycles. The number of nitrogens with one attached hydrogen (secondary N) is 1. The second-order valence-electron chi connectivity index (χ2n) is 8.03. The molecule has 1 N–H and O–H groups in total. The van der Waals surface area contributed by atoms with Crippen molar-refractivity contribution in [1.29, 1.82) is 0 Å². The van der Waals surface area contributed by atoms with Crippen LogP contribution in [0.2, 0.25) is 0 Å². The summed E-state index contributed by atoms with van der Waals surface area (Å²) in [4.78, 5) is 22.5. The number of thiazole rings is 1. The molecule has 33 heavy (non-hydrogen) atoms. The summed E-state index contributed by atoms with van der Waals surface area (Å²) in [7, 11) is 1.64. The Bertz CT molecular complexity index is 1300. The van der Waals surface area contributed by atoms with Crippen LogP contribution in [0.3, 0.4) is 0 Å². The maximum Gasteiger partial charge on any atom is 0.239 e. The Morgan fingerprint density at radius 1 is 1.09 bits per heavy atom. The summed E-state index contributed by atoms with van der Waals surface area (Å²) < 4.78 is 5.21. The second-order valence-corrected chi connectivity index (χ2v) is 10.1. The lowest BCUT2D eigenvalue weighted by Gasteiger charge is -2.15. The number of rotatable bonds is 7. The summed E-state index contributed by atoms with van der Waals surface area (Å²) in [6.45, 7) is 8.31. The molecule has 0 bridgehead atoms. The summed E-state index contributed by atoms with van der Waals surface area (Å²) >= 11 is 2.93. The van der Waals surface area contributed by atoms with Crippen molar-refractivity contribution in [3.05, 3.63) is 64.5 Å². The molecule has 0 saturated carbocycles. The minimum atomic E-state index is -0.256. The monoisotopic (exact) mass is 477 g/mol. The molecule has 4 rings (SSSR count). The normalized spacial score (nSPS) is 12.0. The Balaban J connectivity index is 1.49. The molecule has 0 aliphatic carbocycles. The van der Waals surface area contributed by atoms with E-state index in [9.17, 15) is 4.79 Å². The third-order valence-corrected chi connectivity index (χ3v) is 7.52. The molecule has 0 spiro atoms. The Hall–Kier alpha value is -2.90. The molecule has 1 atom stereocenters. The zero-order valence-corrected chi connectivity index (χ0v) is 21.1. The van der Waals surface area contributed by atoms with Crippen molar-refractivity contribution in [3.8, 4) is 17.0 Å². The Labute approximate surface area is 202 Å². The molecule has 0 aliphatic rings. The summed E-state index contributed by atoms with van der Waals surface area (Å²) in [6.07, 6.45) is 0.693. The van der Waals surface area contributed by atoms with E-state index in [1.165, 1.54) is 39.6 Å². The number of aryl methyl sites for hydroxylation is 3. The number of nitrogens with zero attached hydrogens (tertiary/aromatic N) is 2. The van der Waals surface area contributed by atoms with Crippen molar-refractivity contribution in [3.63, 3.8) is 0 Å². The van der Waals surface area contributed by atoms with Crippen molar-refractivity contribution in [2.24, 2.45) is 0 Å². The van der Waals surface area contributed by atoms with Crippen LogP contribution in [-0.4, -0.2) is 28.2 Å². The van der Waals surface area contributed by atoms with Gasteiger partial charge in [-0.15, -0.1) is 11.3 Å². The molecule has 7 heteroatoms. The van der Waals surface area contributed by atoms with Crippen LogP contribution in [0.5, 0.6) is 5.75 Å². The first-order valence-electron chi connectivity index (χ1n) is 10.8. The largest absolute Gasteiger partial charge is 0.497 e. The Morgan fingerprint density at radius 3 is 2.55 bits per heavy atom. The standard InChI is InChI=1S/C26H27N3O2S2/c1-6-22(33-23-13-16(3)20-12-15(2)11-17(4)24(20)28-23)25(30)29-26-27-21(14-32-26)18-7-9-19(31-5)10-8-18/h7-14,22H,6H2,1-5H3,(H,27,29,30). The number of anilines is 1. The van der Waals surface area contributed by atoms with Gasteiger partial charge in [0, 0.05) is 16.3 Å². The number of hydrogen-bond donors (Lipinski definition) is 1. The highest BCUT2D eigenvalue weighted by atomic mass is 32.2. The maximum atomic E-state index is 13.0. The Morgan fingerprint density at radius 2 is 1.85 bits per heavy atom. The number of benzene rings is 2. The van der Waals surface area contributed by atoms with Crippen LogP contribution < -0.4 is 10.1 Å². The van der Waals surface area contributed by atoms with Gasteiger partial charge in [0.05, 0.1) is 28.6 Å². The van der Waals surface area contributed by atoms with E-state index in [0.717, 1.165) is 33.1 Å². The first kappa shape index (κ1) is 23.3. The van der Waals surface area contributed by atoms with E-state index in [2.05, 4.69) is 49.3 Å². The fourth-order valence-corrected chi connectivity index (χ4v) is 5.49. The van der Waals surface area contributed by atoms with Gasteiger partial charge in [-0.1, -0.05) is 30.3 Å². The SMILES string of the molecule is CCC(Sc1cc(C)c2cc(C)cc(C)c2n1)C(=O)Nc1nc(-c2ccc(OC)cc2)cs1. The van der Waals surface area contributed by atoms with E-state index in [-0.39, 0.29) is 11.2 Å². The minimum absolute atomic E-state index is 0.0571. The highest BCUT2D eigenvalue weighted by Crippen LogP contribution is 2.31. The van der Waals surface area contributed by atoms with Crippen molar-refractivity contribution in [2.75, 3.05) is 12.4 Å². The van der Waals surface area contributed by atoms with Gasteiger partial charge in [-0.05, 0) is 74.7 Å². The fraction of sp³-hybridized carbons (Fsp3) is 0.269. The molecule has 2 aromatic carbocycles. The number of ether oxygens (including phenoxy) is 1. The van der Waals surface area contributed by atoms with Crippen LogP contribution in [-0.2, 0) is 4.79 Å². The first-order chi connectivity index (χ1) is 15.9. The van der Waals surface area contributed by atoms with Gasteiger partial charge in [-0.3, -0.25) is 4.79 Å². The molecule has 1 unspecified atom stereocenters. The molecule has 4 aromatic rings. The summed E-state index contributed by atoms with van der Waals surface area (Å²) in [5, 5.41) is 7.32. The van der Waals surface area contributed by atoms with Crippen molar-refractivity contribution >= 4 is 45.0 Å². The van der Waals surface area contributed by atoms with E-state index in [4.69, 9.17) is 9.72 Å². The van der Waals surface area contributed by atoms with Crippen LogP contribution in [0, 0.1) is 20.8 Å². The lowest BCUT2D eigenvalue weighted by Crippen LogP contribution is -2.24. The highest BCUT2D eigenvalue weighted by molar-refractivity contribution is 8.00. The number of thioether (sulfide) groups is 1. The molecular formula is C26H27N3O2S2. The average molecular weight is 478 g/mol. The predicted molar refractivity (Wildman–Crippen MR) is 139 cm³/mol. The number of pyridine rings is 1. The molecule has 0 radical (unpaired) electrons. The molecular weight excluding hydrogens is 450 g/mol. The van der Waals surface area contributed by atoms with Gasteiger partial charge < -0.3 is 10.1 Å². The van der Waals surface area contributed by atoms with Crippen LogP contribution in [0.15, 0.2) is 52.9 Å². The van der Waals surface area contributed by atoms with Gasteiger partial charge in [0.25, 0.3) is 0 Å². The number of carbonyl (C=O) groups excluding carboxylic acids is 1. The predicted octanol–water partition coefficient (Wildman–Crippen LogP) is 6.80. The zero-order chi connectivity index (χ0) is 23.5. The zero-order valence-electron chi connectivity index (χ0n) is 19.4. The summed E-state index contributed by atoms with van der Waals surface area (Å²) in [6, 6.07) is 14.1. The quantitative estimate of drug-likeness (QED) is 0.297. The number of aromatic nitrogens is 2. The van der Waals surface area contributed by atoms with Crippen LogP contribution in [0.4, 0.5) is 5.13 Å². The molecule has 2 heterocycles. The third kappa shape index (κ3) is 5.20. The van der Waals surface area contributed by atoms with Gasteiger partial charge in [0.15, 0.2) is 5.13 Å². The average Bonchev–Trinajstić information content (AvgIpc) is 3.26. The van der Waals surface area contributed by atoms with E-state index in [1.807, 2.05) is 36.6 Å². The van der Waals surface area contributed by atoms with E-state index in [0.29, 0.717) is 11.6 Å². The highest BCUT2D eigenvalue weighted by Gasteiger charge is 2.21.